The lowest BCUT2D eigenvalue weighted by Gasteiger charge is -2.29. The molecule has 1 aliphatic heterocycles. The first-order valence-corrected chi connectivity index (χ1v) is 8.52. The largest absolute Gasteiger partial charge is 0.395 e. The van der Waals surface area contributed by atoms with Crippen LogP contribution in [-0.2, 0) is 16.4 Å². The first-order chi connectivity index (χ1) is 9.41. The van der Waals surface area contributed by atoms with Gasteiger partial charge in [0.25, 0.3) is 0 Å². The highest BCUT2D eigenvalue weighted by Gasteiger charge is 2.39. The van der Waals surface area contributed by atoms with Crippen LogP contribution in [0.4, 0.5) is 0 Å². The van der Waals surface area contributed by atoms with Gasteiger partial charge in [0, 0.05) is 13.1 Å². The topological polar surface area (TPSA) is 77.8 Å². The van der Waals surface area contributed by atoms with E-state index < -0.39 is 22.0 Å². The molecular weight excluding hydrogens is 278 g/mol. The molecule has 5 nitrogen and oxygen atoms in total. The zero-order valence-electron chi connectivity index (χ0n) is 11.6. The molecule has 1 fully saturated rings. The van der Waals surface area contributed by atoms with Crippen LogP contribution in [0.15, 0.2) is 24.3 Å². The Hall–Kier alpha value is -0.950. The Morgan fingerprint density at radius 1 is 1.25 bits per heavy atom. The van der Waals surface area contributed by atoms with E-state index in [1.807, 2.05) is 36.1 Å². The third kappa shape index (κ3) is 3.79. The van der Waals surface area contributed by atoms with E-state index in [9.17, 15) is 13.5 Å². The minimum Gasteiger partial charge on any atom is -0.395 e. The first kappa shape index (κ1) is 15.4. The number of aryl methyl sites for hydroxylation is 1. The summed E-state index contributed by atoms with van der Waals surface area (Å²) < 4.78 is 23.2. The van der Waals surface area contributed by atoms with Crippen LogP contribution in [0, 0.1) is 6.92 Å². The Kier molecular flexibility index (Phi) is 4.80. The Morgan fingerprint density at radius 3 is 2.40 bits per heavy atom. The third-order valence-electron chi connectivity index (χ3n) is 3.66. The number of aliphatic hydroxyl groups excluding tert-OH is 2. The van der Waals surface area contributed by atoms with Crippen LogP contribution in [0.25, 0.3) is 0 Å². The third-order valence-corrected chi connectivity index (χ3v) is 5.35. The number of benzene rings is 1. The van der Waals surface area contributed by atoms with Crippen molar-refractivity contribution in [3.05, 3.63) is 35.4 Å². The molecule has 2 atom stereocenters. The fraction of sp³-hybridized carbons (Fsp3) is 0.571. The van der Waals surface area contributed by atoms with Crippen molar-refractivity contribution >= 4 is 9.84 Å². The predicted octanol–water partition coefficient (Wildman–Crippen LogP) is -0.0528. The Balaban J connectivity index is 2.13. The van der Waals surface area contributed by atoms with E-state index in [1.165, 1.54) is 0 Å². The molecule has 1 heterocycles. The van der Waals surface area contributed by atoms with Gasteiger partial charge in [-0.2, -0.15) is 0 Å². The van der Waals surface area contributed by atoms with Crippen LogP contribution >= 0.6 is 0 Å². The molecule has 0 bridgehead atoms. The van der Waals surface area contributed by atoms with Crippen molar-refractivity contribution in [2.24, 2.45) is 0 Å². The average molecular weight is 299 g/mol. The first-order valence-electron chi connectivity index (χ1n) is 6.70. The van der Waals surface area contributed by atoms with E-state index in [-0.39, 0.29) is 18.1 Å². The van der Waals surface area contributed by atoms with Crippen LogP contribution in [-0.4, -0.2) is 60.3 Å². The van der Waals surface area contributed by atoms with E-state index in [2.05, 4.69) is 0 Å². The molecule has 1 saturated heterocycles. The second kappa shape index (κ2) is 6.22. The van der Waals surface area contributed by atoms with Gasteiger partial charge in [0.15, 0.2) is 9.84 Å². The Morgan fingerprint density at radius 2 is 1.90 bits per heavy atom. The van der Waals surface area contributed by atoms with Gasteiger partial charge >= 0.3 is 0 Å². The Bertz CT molecular complexity index is 541. The van der Waals surface area contributed by atoms with E-state index in [0.717, 1.165) is 11.1 Å². The smallest absolute Gasteiger partial charge is 0.154 e. The summed E-state index contributed by atoms with van der Waals surface area (Å²) in [4.78, 5) is 1.85. The normalized spacial score (nSPS) is 25.2. The van der Waals surface area contributed by atoms with Crippen molar-refractivity contribution in [3.63, 3.8) is 0 Å². The SMILES string of the molecule is Cc1ccc(CN(CCO)[C@H]2CS(=O)(=O)C[C@H]2O)cc1. The maximum Gasteiger partial charge on any atom is 0.154 e. The average Bonchev–Trinajstić information content (AvgIpc) is 2.65. The number of sulfone groups is 1. The van der Waals surface area contributed by atoms with Crippen molar-refractivity contribution in [2.45, 2.75) is 25.6 Å². The molecule has 1 aliphatic rings. The Labute approximate surface area is 119 Å². The minimum atomic E-state index is -3.18. The second-order valence-corrected chi connectivity index (χ2v) is 7.55. The highest BCUT2D eigenvalue weighted by atomic mass is 32.2. The summed E-state index contributed by atoms with van der Waals surface area (Å²) in [6, 6.07) is 7.52. The quantitative estimate of drug-likeness (QED) is 0.797. The van der Waals surface area contributed by atoms with Gasteiger partial charge in [-0.1, -0.05) is 29.8 Å². The maximum absolute atomic E-state index is 11.6. The monoisotopic (exact) mass is 299 g/mol. The molecule has 1 aromatic rings. The summed E-state index contributed by atoms with van der Waals surface area (Å²) in [5.41, 5.74) is 2.20. The fourth-order valence-corrected chi connectivity index (χ4v) is 4.41. The van der Waals surface area contributed by atoms with Gasteiger partial charge < -0.3 is 10.2 Å². The van der Waals surface area contributed by atoms with Gasteiger partial charge in [-0.25, -0.2) is 8.42 Å². The molecule has 1 aromatic carbocycles. The van der Waals surface area contributed by atoms with Crippen LogP contribution in [0.2, 0.25) is 0 Å². The predicted molar refractivity (Wildman–Crippen MR) is 77.1 cm³/mol. The van der Waals surface area contributed by atoms with Crippen LogP contribution < -0.4 is 0 Å². The van der Waals surface area contributed by atoms with E-state index in [0.29, 0.717) is 13.1 Å². The molecule has 0 saturated carbocycles. The van der Waals surface area contributed by atoms with Gasteiger partial charge in [-0.05, 0) is 12.5 Å². The number of rotatable bonds is 5. The van der Waals surface area contributed by atoms with Gasteiger partial charge in [-0.15, -0.1) is 0 Å². The molecule has 112 valence electrons. The van der Waals surface area contributed by atoms with Gasteiger partial charge in [-0.3, -0.25) is 4.90 Å². The molecule has 20 heavy (non-hydrogen) atoms. The zero-order chi connectivity index (χ0) is 14.8. The lowest BCUT2D eigenvalue weighted by atomic mass is 10.1. The number of nitrogens with zero attached hydrogens (tertiary/aromatic N) is 1. The van der Waals surface area contributed by atoms with Gasteiger partial charge in [0.2, 0.25) is 0 Å². The maximum atomic E-state index is 11.6. The van der Waals surface area contributed by atoms with E-state index in [4.69, 9.17) is 5.11 Å². The summed E-state index contributed by atoms with van der Waals surface area (Å²) in [5.74, 6) is -0.229. The zero-order valence-corrected chi connectivity index (χ0v) is 12.4. The minimum absolute atomic E-state index is 0.0416. The summed E-state index contributed by atoms with van der Waals surface area (Å²) >= 11 is 0. The second-order valence-electron chi connectivity index (χ2n) is 5.39. The highest BCUT2D eigenvalue weighted by molar-refractivity contribution is 7.91. The van der Waals surface area contributed by atoms with Crippen LogP contribution in [0.1, 0.15) is 11.1 Å². The van der Waals surface area contributed by atoms with Crippen molar-refractivity contribution in [1.29, 1.82) is 0 Å². The lowest BCUT2D eigenvalue weighted by Crippen LogP contribution is -2.44. The van der Waals surface area contributed by atoms with Gasteiger partial charge in [0.1, 0.15) is 0 Å². The molecule has 2 N–H and O–H groups in total. The summed E-state index contributed by atoms with van der Waals surface area (Å²) in [5, 5.41) is 19.1. The summed E-state index contributed by atoms with van der Waals surface area (Å²) in [6.07, 6.45) is -0.878. The number of hydrogen-bond acceptors (Lipinski definition) is 5. The lowest BCUT2D eigenvalue weighted by molar-refractivity contribution is 0.0655. The van der Waals surface area contributed by atoms with Crippen molar-refractivity contribution in [3.8, 4) is 0 Å². The van der Waals surface area contributed by atoms with Gasteiger partial charge in [0.05, 0.1) is 30.3 Å². The molecule has 0 amide bonds. The molecule has 0 unspecified atom stereocenters. The van der Waals surface area contributed by atoms with Crippen molar-refractivity contribution in [2.75, 3.05) is 24.7 Å². The van der Waals surface area contributed by atoms with Crippen molar-refractivity contribution in [1.82, 2.24) is 4.90 Å². The van der Waals surface area contributed by atoms with Crippen LogP contribution in [0.3, 0.4) is 0 Å². The summed E-state index contributed by atoms with van der Waals surface area (Å²) in [6.45, 7) is 2.82. The molecule has 0 aromatic heterocycles. The van der Waals surface area contributed by atoms with Crippen molar-refractivity contribution < 1.29 is 18.6 Å². The molecule has 0 spiro atoms. The van der Waals surface area contributed by atoms with E-state index >= 15 is 0 Å². The van der Waals surface area contributed by atoms with E-state index in [1.54, 1.807) is 0 Å². The fourth-order valence-electron chi connectivity index (χ4n) is 2.58. The molecule has 0 radical (unpaired) electrons. The molecular formula is C14H21NO4S. The van der Waals surface area contributed by atoms with Crippen LogP contribution in [0.5, 0.6) is 0 Å². The molecule has 2 rings (SSSR count). The molecule has 6 heteroatoms. The number of aliphatic hydroxyl groups is 2. The molecule has 0 aliphatic carbocycles. The summed E-state index contributed by atoms with van der Waals surface area (Å²) in [7, 11) is -3.18. The highest BCUT2D eigenvalue weighted by Crippen LogP contribution is 2.20. The standard InChI is InChI=1S/C14H21NO4S/c1-11-2-4-12(5-3-11)8-15(6-7-16)13-9-20(18,19)10-14(13)17/h2-5,13-14,16-17H,6-10H2,1H3/t13-,14+/m0/s1. The number of hydrogen-bond donors (Lipinski definition) is 2.